The SMILES string of the molecule is CCNc1ccc(C(=O)NCc2cn(C)nc2C)nc1. The zero-order chi connectivity index (χ0) is 14.5. The van der Waals surface area contributed by atoms with E-state index in [0.717, 1.165) is 23.5 Å². The van der Waals surface area contributed by atoms with E-state index in [4.69, 9.17) is 0 Å². The van der Waals surface area contributed by atoms with Gasteiger partial charge in [0.25, 0.3) is 5.91 Å². The highest BCUT2D eigenvalue weighted by atomic mass is 16.1. The van der Waals surface area contributed by atoms with Gasteiger partial charge in [-0.1, -0.05) is 0 Å². The van der Waals surface area contributed by atoms with Gasteiger partial charge in [0.1, 0.15) is 5.69 Å². The number of aryl methyl sites for hydroxylation is 2. The molecule has 20 heavy (non-hydrogen) atoms. The molecule has 0 fully saturated rings. The van der Waals surface area contributed by atoms with Crippen LogP contribution in [0.4, 0.5) is 5.69 Å². The topological polar surface area (TPSA) is 71.8 Å². The van der Waals surface area contributed by atoms with Gasteiger partial charge < -0.3 is 10.6 Å². The lowest BCUT2D eigenvalue weighted by molar-refractivity contribution is 0.0946. The molecule has 2 aromatic heterocycles. The molecule has 6 nitrogen and oxygen atoms in total. The third-order valence-electron chi connectivity index (χ3n) is 2.93. The largest absolute Gasteiger partial charge is 0.384 e. The van der Waals surface area contributed by atoms with E-state index in [1.54, 1.807) is 16.9 Å². The van der Waals surface area contributed by atoms with Crippen molar-refractivity contribution in [2.75, 3.05) is 11.9 Å². The van der Waals surface area contributed by atoms with Crippen LogP contribution in [0.1, 0.15) is 28.7 Å². The number of hydrogen-bond donors (Lipinski definition) is 2. The lowest BCUT2D eigenvalue weighted by atomic mass is 10.2. The first-order chi connectivity index (χ1) is 9.60. The quantitative estimate of drug-likeness (QED) is 0.865. The van der Waals surface area contributed by atoms with Crippen molar-refractivity contribution in [2.24, 2.45) is 7.05 Å². The number of carbonyl (C=O) groups excluding carboxylic acids is 1. The molecule has 106 valence electrons. The summed E-state index contributed by atoms with van der Waals surface area (Å²) in [6.45, 7) is 5.21. The van der Waals surface area contributed by atoms with Crippen LogP contribution in [0.3, 0.4) is 0 Å². The van der Waals surface area contributed by atoms with Crippen LogP contribution in [0.25, 0.3) is 0 Å². The number of amides is 1. The molecule has 0 radical (unpaired) electrons. The van der Waals surface area contributed by atoms with E-state index in [0.29, 0.717) is 12.2 Å². The summed E-state index contributed by atoms with van der Waals surface area (Å²) in [5.74, 6) is -0.184. The molecule has 0 aliphatic heterocycles. The molecule has 6 heteroatoms. The Morgan fingerprint density at radius 1 is 1.40 bits per heavy atom. The fraction of sp³-hybridized carbons (Fsp3) is 0.357. The molecule has 0 saturated carbocycles. The molecular weight excluding hydrogens is 254 g/mol. The number of anilines is 1. The zero-order valence-corrected chi connectivity index (χ0v) is 12.0. The molecule has 0 unspecified atom stereocenters. The lowest BCUT2D eigenvalue weighted by Gasteiger charge is -2.05. The van der Waals surface area contributed by atoms with Crippen LogP contribution in [0, 0.1) is 6.92 Å². The first-order valence-electron chi connectivity index (χ1n) is 6.57. The van der Waals surface area contributed by atoms with Crippen LogP contribution in [0.2, 0.25) is 0 Å². The smallest absolute Gasteiger partial charge is 0.270 e. The number of hydrogen-bond acceptors (Lipinski definition) is 4. The van der Waals surface area contributed by atoms with Gasteiger partial charge in [0, 0.05) is 31.9 Å². The van der Waals surface area contributed by atoms with Crippen LogP contribution in [0.5, 0.6) is 0 Å². The Labute approximate surface area is 118 Å². The van der Waals surface area contributed by atoms with E-state index in [2.05, 4.69) is 20.7 Å². The first-order valence-corrected chi connectivity index (χ1v) is 6.57. The fourth-order valence-electron chi connectivity index (χ4n) is 1.93. The number of pyridine rings is 1. The predicted molar refractivity (Wildman–Crippen MR) is 77.5 cm³/mol. The number of carbonyl (C=O) groups is 1. The molecule has 2 N–H and O–H groups in total. The van der Waals surface area contributed by atoms with Gasteiger partial charge in [-0.3, -0.25) is 9.48 Å². The second-order valence-corrected chi connectivity index (χ2v) is 4.56. The highest BCUT2D eigenvalue weighted by Crippen LogP contribution is 2.07. The predicted octanol–water partition coefficient (Wildman–Crippen LogP) is 1.49. The monoisotopic (exact) mass is 273 g/mol. The molecule has 2 rings (SSSR count). The van der Waals surface area contributed by atoms with E-state index in [1.807, 2.05) is 33.2 Å². The normalized spacial score (nSPS) is 10.3. The second-order valence-electron chi connectivity index (χ2n) is 4.56. The Kier molecular flexibility index (Phi) is 4.34. The summed E-state index contributed by atoms with van der Waals surface area (Å²) >= 11 is 0. The number of aromatic nitrogens is 3. The van der Waals surface area contributed by atoms with Gasteiger partial charge in [-0.05, 0) is 26.0 Å². The molecule has 0 saturated heterocycles. The van der Waals surface area contributed by atoms with Crippen molar-refractivity contribution in [3.05, 3.63) is 41.5 Å². The maximum atomic E-state index is 12.0. The third kappa shape index (κ3) is 3.34. The minimum absolute atomic E-state index is 0.184. The molecule has 1 amide bonds. The summed E-state index contributed by atoms with van der Waals surface area (Å²) in [5, 5.41) is 10.2. The highest BCUT2D eigenvalue weighted by molar-refractivity contribution is 5.92. The fourth-order valence-corrected chi connectivity index (χ4v) is 1.93. The van der Waals surface area contributed by atoms with Crippen LogP contribution >= 0.6 is 0 Å². The summed E-state index contributed by atoms with van der Waals surface area (Å²) in [4.78, 5) is 16.1. The summed E-state index contributed by atoms with van der Waals surface area (Å²) in [5.41, 5.74) is 3.24. The minimum Gasteiger partial charge on any atom is -0.384 e. The Bertz CT molecular complexity index is 588. The lowest BCUT2D eigenvalue weighted by Crippen LogP contribution is -2.23. The van der Waals surface area contributed by atoms with Crippen molar-refractivity contribution in [2.45, 2.75) is 20.4 Å². The van der Waals surface area contributed by atoms with E-state index in [9.17, 15) is 4.79 Å². The summed E-state index contributed by atoms with van der Waals surface area (Å²) < 4.78 is 1.74. The number of rotatable bonds is 5. The molecule has 2 aromatic rings. The van der Waals surface area contributed by atoms with E-state index in [-0.39, 0.29) is 5.91 Å². The van der Waals surface area contributed by atoms with E-state index in [1.165, 1.54) is 0 Å². The standard InChI is InChI=1S/C14H19N5O/c1-4-15-12-5-6-13(16-8-12)14(20)17-7-11-9-19(3)18-10(11)2/h5-6,8-9,15H,4,7H2,1-3H3,(H,17,20). The van der Waals surface area contributed by atoms with E-state index >= 15 is 0 Å². The van der Waals surface area contributed by atoms with Crippen molar-refractivity contribution in [3.8, 4) is 0 Å². The summed E-state index contributed by atoms with van der Waals surface area (Å²) in [6.07, 6.45) is 3.56. The molecule has 0 bridgehead atoms. The molecule has 0 aromatic carbocycles. The van der Waals surface area contributed by atoms with Crippen LogP contribution in [-0.2, 0) is 13.6 Å². The Hall–Kier alpha value is -2.37. The minimum atomic E-state index is -0.184. The van der Waals surface area contributed by atoms with Crippen molar-refractivity contribution >= 4 is 11.6 Å². The molecule has 0 aliphatic carbocycles. The van der Waals surface area contributed by atoms with Crippen molar-refractivity contribution in [3.63, 3.8) is 0 Å². The van der Waals surface area contributed by atoms with Crippen molar-refractivity contribution < 1.29 is 4.79 Å². The van der Waals surface area contributed by atoms with Crippen LogP contribution in [-0.4, -0.2) is 27.2 Å². The third-order valence-corrected chi connectivity index (χ3v) is 2.93. The Morgan fingerprint density at radius 3 is 2.75 bits per heavy atom. The number of nitrogens with one attached hydrogen (secondary N) is 2. The maximum absolute atomic E-state index is 12.0. The Morgan fingerprint density at radius 2 is 2.20 bits per heavy atom. The van der Waals surface area contributed by atoms with E-state index < -0.39 is 0 Å². The summed E-state index contributed by atoms with van der Waals surface area (Å²) in [6, 6.07) is 3.56. The van der Waals surface area contributed by atoms with Gasteiger partial charge in [0.15, 0.2) is 0 Å². The molecule has 0 spiro atoms. The van der Waals surface area contributed by atoms with Crippen molar-refractivity contribution in [1.82, 2.24) is 20.1 Å². The molecule has 0 atom stereocenters. The highest BCUT2D eigenvalue weighted by Gasteiger charge is 2.09. The van der Waals surface area contributed by atoms with Gasteiger partial charge in [0.05, 0.1) is 17.6 Å². The Balaban J connectivity index is 1.96. The van der Waals surface area contributed by atoms with Crippen molar-refractivity contribution in [1.29, 1.82) is 0 Å². The van der Waals surface area contributed by atoms with Gasteiger partial charge in [0.2, 0.25) is 0 Å². The van der Waals surface area contributed by atoms with Crippen LogP contribution in [0.15, 0.2) is 24.5 Å². The van der Waals surface area contributed by atoms with Gasteiger partial charge >= 0.3 is 0 Å². The van der Waals surface area contributed by atoms with Gasteiger partial charge in [-0.2, -0.15) is 5.10 Å². The summed E-state index contributed by atoms with van der Waals surface area (Å²) in [7, 11) is 1.86. The zero-order valence-electron chi connectivity index (χ0n) is 12.0. The molecule has 0 aliphatic rings. The molecular formula is C14H19N5O. The van der Waals surface area contributed by atoms with Gasteiger partial charge in [-0.15, -0.1) is 0 Å². The van der Waals surface area contributed by atoms with Crippen LogP contribution < -0.4 is 10.6 Å². The second kappa shape index (κ2) is 6.18. The first kappa shape index (κ1) is 14.0. The molecule has 2 heterocycles. The maximum Gasteiger partial charge on any atom is 0.270 e. The number of nitrogens with zero attached hydrogens (tertiary/aromatic N) is 3. The average Bonchev–Trinajstić information content (AvgIpc) is 2.75. The van der Waals surface area contributed by atoms with Gasteiger partial charge in [-0.25, -0.2) is 4.98 Å². The average molecular weight is 273 g/mol.